The van der Waals surface area contributed by atoms with Gasteiger partial charge in [-0.1, -0.05) is 41.6 Å². The van der Waals surface area contributed by atoms with Gasteiger partial charge in [0.15, 0.2) is 5.65 Å². The summed E-state index contributed by atoms with van der Waals surface area (Å²) in [6, 6.07) is 15.1. The van der Waals surface area contributed by atoms with E-state index in [1.807, 2.05) is 47.4 Å². The molecule has 28 heavy (non-hydrogen) atoms. The Kier molecular flexibility index (Phi) is 4.08. The smallest absolute Gasteiger partial charge is 0.272 e. The summed E-state index contributed by atoms with van der Waals surface area (Å²) in [6.45, 7) is 1.24. The molecule has 0 saturated carbocycles. The molecule has 1 aromatic carbocycles. The Morgan fingerprint density at radius 2 is 2.00 bits per heavy atom. The highest BCUT2D eigenvalue weighted by Gasteiger charge is 2.30. The van der Waals surface area contributed by atoms with Crippen LogP contribution in [0.15, 0.2) is 59.4 Å². The number of benzene rings is 1. The third-order valence-corrected chi connectivity index (χ3v) is 5.05. The zero-order chi connectivity index (χ0) is 18.9. The van der Waals surface area contributed by atoms with Crippen molar-refractivity contribution in [3.63, 3.8) is 0 Å². The van der Waals surface area contributed by atoms with Crippen LogP contribution >= 0.6 is 0 Å². The van der Waals surface area contributed by atoms with Crippen LogP contribution in [0.25, 0.3) is 17.0 Å². The van der Waals surface area contributed by atoms with Crippen LogP contribution in [-0.4, -0.2) is 48.6 Å². The molecule has 0 N–H and O–H groups in total. The van der Waals surface area contributed by atoms with Crippen molar-refractivity contribution < 1.29 is 9.32 Å². The first kappa shape index (κ1) is 16.6. The number of amides is 1. The molecule has 3 aromatic heterocycles. The topological polar surface area (TPSA) is 89.4 Å². The second-order valence-corrected chi connectivity index (χ2v) is 6.85. The van der Waals surface area contributed by atoms with Crippen LogP contribution in [0.5, 0.6) is 0 Å². The van der Waals surface area contributed by atoms with Crippen LogP contribution in [0.4, 0.5) is 0 Å². The van der Waals surface area contributed by atoms with Crippen molar-refractivity contribution in [2.45, 2.75) is 18.8 Å². The van der Waals surface area contributed by atoms with Gasteiger partial charge in [-0.05, 0) is 25.0 Å². The number of fused-ring (bicyclic) bond motifs is 1. The molecule has 1 unspecified atom stereocenters. The van der Waals surface area contributed by atoms with Crippen molar-refractivity contribution in [1.82, 2.24) is 29.6 Å². The van der Waals surface area contributed by atoms with Gasteiger partial charge in [-0.3, -0.25) is 4.79 Å². The molecule has 1 aliphatic heterocycles. The monoisotopic (exact) mass is 374 g/mol. The van der Waals surface area contributed by atoms with Gasteiger partial charge in [0.2, 0.25) is 11.7 Å². The van der Waals surface area contributed by atoms with Crippen LogP contribution in [0, 0.1) is 0 Å². The molecule has 0 bridgehead atoms. The normalized spacial score (nSPS) is 17.1. The molecule has 4 heterocycles. The largest absolute Gasteiger partial charge is 0.339 e. The summed E-state index contributed by atoms with van der Waals surface area (Å²) < 4.78 is 7.10. The standard InChI is InChI=1S/C20H18N6O2/c27-20(16-9-4-10-17-21-13-22-26(16)17)25-11-5-8-15(12-25)19-23-18(24-28-19)14-6-2-1-3-7-14/h1-4,6-7,9-10,13,15H,5,8,11-12H2. The zero-order valence-corrected chi connectivity index (χ0v) is 15.1. The lowest BCUT2D eigenvalue weighted by atomic mass is 9.97. The molecule has 1 saturated heterocycles. The molecular weight excluding hydrogens is 356 g/mol. The Hall–Kier alpha value is -3.55. The predicted molar refractivity (Wildman–Crippen MR) is 101 cm³/mol. The van der Waals surface area contributed by atoms with E-state index < -0.39 is 0 Å². The van der Waals surface area contributed by atoms with Crippen LogP contribution in [0.3, 0.4) is 0 Å². The minimum Gasteiger partial charge on any atom is -0.339 e. The first-order valence-corrected chi connectivity index (χ1v) is 9.26. The van der Waals surface area contributed by atoms with Gasteiger partial charge in [0.1, 0.15) is 12.0 Å². The van der Waals surface area contributed by atoms with E-state index in [0.29, 0.717) is 36.1 Å². The fraction of sp³-hybridized carbons (Fsp3) is 0.250. The molecule has 1 atom stereocenters. The van der Waals surface area contributed by atoms with Crippen LogP contribution < -0.4 is 0 Å². The van der Waals surface area contributed by atoms with Crippen LogP contribution in [0.1, 0.15) is 35.1 Å². The van der Waals surface area contributed by atoms with Gasteiger partial charge in [0.05, 0.1) is 5.92 Å². The van der Waals surface area contributed by atoms with Gasteiger partial charge in [-0.25, -0.2) is 9.50 Å². The molecule has 8 nitrogen and oxygen atoms in total. The van der Waals surface area contributed by atoms with Crippen molar-refractivity contribution >= 4 is 11.6 Å². The lowest BCUT2D eigenvalue weighted by molar-refractivity contribution is 0.0687. The van der Waals surface area contributed by atoms with E-state index in [4.69, 9.17) is 4.52 Å². The molecular formula is C20H18N6O2. The fourth-order valence-corrected chi connectivity index (χ4v) is 3.64. The third kappa shape index (κ3) is 2.92. The van der Waals surface area contributed by atoms with E-state index in [1.54, 1.807) is 10.6 Å². The molecule has 0 aliphatic carbocycles. The highest BCUT2D eigenvalue weighted by atomic mass is 16.5. The maximum atomic E-state index is 13.1. The average molecular weight is 374 g/mol. The van der Waals surface area contributed by atoms with Crippen molar-refractivity contribution in [3.05, 3.63) is 66.4 Å². The summed E-state index contributed by atoms with van der Waals surface area (Å²) in [5.41, 5.74) is 2.08. The summed E-state index contributed by atoms with van der Waals surface area (Å²) in [7, 11) is 0. The second kappa shape index (κ2) is 6.88. The van der Waals surface area contributed by atoms with Crippen molar-refractivity contribution in [2.24, 2.45) is 0 Å². The Morgan fingerprint density at radius 1 is 1.11 bits per heavy atom. The maximum absolute atomic E-state index is 13.1. The van der Waals surface area contributed by atoms with E-state index in [2.05, 4.69) is 20.2 Å². The van der Waals surface area contributed by atoms with Gasteiger partial charge < -0.3 is 9.42 Å². The van der Waals surface area contributed by atoms with E-state index >= 15 is 0 Å². The van der Waals surface area contributed by atoms with E-state index in [-0.39, 0.29) is 11.8 Å². The highest BCUT2D eigenvalue weighted by molar-refractivity contribution is 5.93. The van der Waals surface area contributed by atoms with Crippen molar-refractivity contribution in [2.75, 3.05) is 13.1 Å². The van der Waals surface area contributed by atoms with E-state index in [9.17, 15) is 4.79 Å². The Morgan fingerprint density at radius 3 is 2.89 bits per heavy atom. The van der Waals surface area contributed by atoms with Gasteiger partial charge >= 0.3 is 0 Å². The summed E-state index contributed by atoms with van der Waals surface area (Å²) in [5, 5.41) is 8.28. The zero-order valence-electron chi connectivity index (χ0n) is 15.1. The van der Waals surface area contributed by atoms with Crippen molar-refractivity contribution in [3.8, 4) is 11.4 Å². The number of piperidine rings is 1. The maximum Gasteiger partial charge on any atom is 0.272 e. The summed E-state index contributed by atoms with van der Waals surface area (Å²) in [4.78, 5) is 23.6. The average Bonchev–Trinajstić information content (AvgIpc) is 3.43. The lowest BCUT2D eigenvalue weighted by Gasteiger charge is -2.31. The molecule has 5 rings (SSSR count). The SMILES string of the molecule is O=C(c1cccc2ncnn12)N1CCCC(c2nc(-c3ccccc3)no2)C1. The number of nitrogens with zero attached hydrogens (tertiary/aromatic N) is 6. The number of hydrogen-bond donors (Lipinski definition) is 0. The van der Waals surface area contributed by atoms with Crippen LogP contribution in [-0.2, 0) is 0 Å². The van der Waals surface area contributed by atoms with Gasteiger partial charge in [0, 0.05) is 18.7 Å². The van der Waals surface area contributed by atoms with Gasteiger partial charge in [-0.2, -0.15) is 10.1 Å². The Balaban J connectivity index is 1.37. The summed E-state index contributed by atoms with van der Waals surface area (Å²) >= 11 is 0. The number of carbonyl (C=O) groups excluding carboxylic acids is 1. The Bertz CT molecular complexity index is 1120. The fourth-order valence-electron chi connectivity index (χ4n) is 3.64. The quantitative estimate of drug-likeness (QED) is 0.548. The summed E-state index contributed by atoms with van der Waals surface area (Å²) in [5.74, 6) is 1.11. The van der Waals surface area contributed by atoms with Gasteiger partial charge in [-0.15, -0.1) is 0 Å². The first-order valence-electron chi connectivity index (χ1n) is 9.26. The number of pyridine rings is 1. The molecule has 8 heteroatoms. The highest BCUT2D eigenvalue weighted by Crippen LogP contribution is 2.28. The third-order valence-electron chi connectivity index (χ3n) is 5.05. The predicted octanol–water partition coefficient (Wildman–Crippen LogP) is 2.80. The first-order chi connectivity index (χ1) is 13.8. The van der Waals surface area contributed by atoms with E-state index in [1.165, 1.54) is 6.33 Å². The molecule has 0 radical (unpaired) electrons. The summed E-state index contributed by atoms with van der Waals surface area (Å²) in [6.07, 6.45) is 3.25. The molecule has 1 aliphatic rings. The molecule has 0 spiro atoms. The minimum absolute atomic E-state index is 0.0256. The molecule has 1 fully saturated rings. The number of carbonyl (C=O) groups is 1. The number of aromatic nitrogens is 5. The Labute approximate surface area is 160 Å². The number of likely N-dealkylation sites (tertiary alicyclic amines) is 1. The molecule has 4 aromatic rings. The van der Waals surface area contributed by atoms with Crippen LogP contribution in [0.2, 0.25) is 0 Å². The number of hydrogen-bond acceptors (Lipinski definition) is 6. The van der Waals surface area contributed by atoms with Crippen molar-refractivity contribution in [1.29, 1.82) is 0 Å². The minimum atomic E-state index is -0.0661. The molecule has 1 amide bonds. The van der Waals surface area contributed by atoms with E-state index in [0.717, 1.165) is 18.4 Å². The number of rotatable bonds is 3. The second-order valence-electron chi connectivity index (χ2n) is 6.85. The van der Waals surface area contributed by atoms with Gasteiger partial charge in [0.25, 0.3) is 5.91 Å². The molecule has 140 valence electrons. The lowest BCUT2D eigenvalue weighted by Crippen LogP contribution is -2.40.